The molecule has 11 heteroatoms. The van der Waals surface area contributed by atoms with Crippen LogP contribution in [-0.2, 0) is 4.74 Å². The fraction of sp³-hybridized carbons (Fsp3) is 0.447. The van der Waals surface area contributed by atoms with Crippen LogP contribution in [0.5, 0.6) is 5.75 Å². The topological polar surface area (TPSA) is 73.6 Å². The molecule has 1 unspecified atom stereocenters. The highest BCUT2D eigenvalue weighted by Gasteiger charge is 2.60. The zero-order valence-electron chi connectivity index (χ0n) is 29.6. The van der Waals surface area contributed by atoms with Crippen molar-refractivity contribution in [2.75, 3.05) is 18.0 Å². The van der Waals surface area contributed by atoms with E-state index in [0.717, 1.165) is 67.6 Å². The number of unbranched alkanes of at least 4 members (excludes halogenated alkanes) is 2. The molecule has 2 aromatic rings. The van der Waals surface area contributed by atoms with Crippen LogP contribution in [0.2, 0.25) is 18.1 Å². The lowest BCUT2D eigenvalue weighted by atomic mass is 9.94. The molecule has 0 N–H and O–H groups in total. The number of ether oxygens (including phenoxy) is 1. The molecule has 0 radical (unpaired) electrons. The molecule has 0 saturated heterocycles. The molecular formula is C38H45F3N4O2SSi. The van der Waals surface area contributed by atoms with Gasteiger partial charge in [0.05, 0.1) is 6.57 Å². The molecule has 1 aromatic heterocycles. The minimum atomic E-state index is -4.91. The molecule has 1 aliphatic rings. The normalized spacial score (nSPS) is 16.9. The van der Waals surface area contributed by atoms with E-state index in [-0.39, 0.29) is 5.04 Å². The minimum Gasteiger partial charge on any atom is -0.543 e. The first-order chi connectivity index (χ1) is 23.0. The number of thiophene rings is 1. The molecule has 3 rings (SSSR count). The highest BCUT2D eigenvalue weighted by Crippen LogP contribution is 2.50. The Morgan fingerprint density at radius 1 is 1.00 bits per heavy atom. The highest BCUT2D eigenvalue weighted by molar-refractivity contribution is 7.13. The van der Waals surface area contributed by atoms with Crippen LogP contribution in [0, 0.1) is 29.2 Å². The fourth-order valence-electron chi connectivity index (χ4n) is 4.84. The summed E-state index contributed by atoms with van der Waals surface area (Å²) < 4.78 is 54.7. The van der Waals surface area contributed by atoms with Crippen LogP contribution in [0.1, 0.15) is 82.5 Å². The fourth-order valence-corrected chi connectivity index (χ4v) is 6.69. The third kappa shape index (κ3) is 9.06. The van der Waals surface area contributed by atoms with E-state index < -0.39 is 42.7 Å². The first kappa shape index (κ1) is 39.2. The molecule has 1 aromatic carbocycles. The van der Waals surface area contributed by atoms with Gasteiger partial charge in [0.2, 0.25) is 11.3 Å². The van der Waals surface area contributed by atoms with E-state index in [1.807, 2.05) is 18.2 Å². The highest BCUT2D eigenvalue weighted by atomic mass is 32.1. The predicted molar refractivity (Wildman–Crippen MR) is 196 cm³/mol. The Bertz CT molecular complexity index is 1740. The lowest BCUT2D eigenvalue weighted by molar-refractivity contribution is -0.236. The third-order valence-electron chi connectivity index (χ3n) is 8.98. The van der Waals surface area contributed by atoms with E-state index in [1.54, 1.807) is 6.07 Å². The third-order valence-corrected chi connectivity index (χ3v) is 14.3. The van der Waals surface area contributed by atoms with Crippen LogP contribution in [-0.4, -0.2) is 33.2 Å². The summed E-state index contributed by atoms with van der Waals surface area (Å²) in [5, 5.41) is 18.5. The number of alkyl halides is 3. The predicted octanol–water partition coefficient (Wildman–Crippen LogP) is 11.5. The summed E-state index contributed by atoms with van der Waals surface area (Å²) in [5.41, 5.74) is -2.48. The maximum atomic E-state index is 14.2. The van der Waals surface area contributed by atoms with E-state index in [4.69, 9.17) is 15.7 Å². The number of rotatable bonds is 13. The van der Waals surface area contributed by atoms with Crippen LogP contribution in [0.15, 0.2) is 59.0 Å². The first-order valence-electron chi connectivity index (χ1n) is 16.4. The van der Waals surface area contributed by atoms with Crippen molar-refractivity contribution < 1.29 is 22.3 Å². The first-order valence-corrected chi connectivity index (χ1v) is 20.2. The average Bonchev–Trinajstić information content (AvgIpc) is 3.61. The molecule has 0 amide bonds. The van der Waals surface area contributed by atoms with Crippen molar-refractivity contribution in [1.82, 2.24) is 0 Å². The Kier molecular flexibility index (Phi) is 12.8. The number of anilines is 1. The van der Waals surface area contributed by atoms with Crippen LogP contribution >= 0.6 is 11.3 Å². The van der Waals surface area contributed by atoms with Crippen molar-refractivity contribution >= 4 is 43.6 Å². The van der Waals surface area contributed by atoms with Gasteiger partial charge in [0, 0.05) is 45.7 Å². The van der Waals surface area contributed by atoms with Gasteiger partial charge in [-0.25, -0.2) is 4.85 Å². The van der Waals surface area contributed by atoms with E-state index in [0.29, 0.717) is 4.88 Å². The van der Waals surface area contributed by atoms with E-state index >= 15 is 0 Å². The molecule has 49 heavy (non-hydrogen) atoms. The van der Waals surface area contributed by atoms with Crippen molar-refractivity contribution in [3.63, 3.8) is 0 Å². The van der Waals surface area contributed by atoms with E-state index in [9.17, 15) is 23.7 Å². The zero-order valence-corrected chi connectivity index (χ0v) is 31.4. The molecule has 0 saturated carbocycles. The van der Waals surface area contributed by atoms with E-state index in [2.05, 4.69) is 75.7 Å². The van der Waals surface area contributed by atoms with Crippen LogP contribution in [0.3, 0.4) is 0 Å². The van der Waals surface area contributed by atoms with Gasteiger partial charge in [0.25, 0.3) is 8.32 Å². The summed E-state index contributed by atoms with van der Waals surface area (Å²) in [7, 11) is -2.18. The van der Waals surface area contributed by atoms with Gasteiger partial charge in [-0.3, -0.25) is 0 Å². The summed E-state index contributed by atoms with van der Waals surface area (Å²) in [6, 6.07) is 13.1. The molecule has 0 aliphatic carbocycles. The molecule has 6 nitrogen and oxygen atoms in total. The number of nitriles is 2. The molecule has 0 fully saturated rings. The standard InChI is InChI=1S/C38H45F3N4O2SSi/c1-10-12-22-45(23-13-11-2)29-16-14-27(33(24-29)47-49(8,9)36(3,4)5)15-17-30-18-19-31(48-30)20-21-32-34(44-7)35(28(25-42)26-43)46-37(32,6)38(39,40)41/h14-21,24H,10-13,22-23H2,1-6,8-9H3/b17-15+,21-20+. The van der Waals surface area contributed by atoms with Gasteiger partial charge >= 0.3 is 6.18 Å². The summed E-state index contributed by atoms with van der Waals surface area (Å²) >= 11 is 1.36. The van der Waals surface area contributed by atoms with Crippen LogP contribution in [0.25, 0.3) is 23.1 Å². The summed E-state index contributed by atoms with van der Waals surface area (Å²) in [5.74, 6) is 0.175. The number of halogens is 3. The maximum Gasteiger partial charge on any atom is 0.430 e. The second kappa shape index (κ2) is 16.0. The Morgan fingerprint density at radius 3 is 2.06 bits per heavy atom. The number of benzene rings is 1. The summed E-state index contributed by atoms with van der Waals surface area (Å²) in [6.45, 7) is 25.8. The van der Waals surface area contributed by atoms with E-state index in [1.165, 1.54) is 35.6 Å². The van der Waals surface area contributed by atoms with Crippen molar-refractivity contribution in [2.45, 2.75) is 97.1 Å². The van der Waals surface area contributed by atoms with Gasteiger partial charge in [-0.2, -0.15) is 23.7 Å². The Balaban J connectivity index is 2.01. The molecule has 0 bridgehead atoms. The molecule has 0 spiro atoms. The van der Waals surface area contributed by atoms with Crippen LogP contribution < -0.4 is 9.33 Å². The monoisotopic (exact) mass is 706 g/mol. The van der Waals surface area contributed by atoms with Gasteiger partial charge in [-0.15, -0.1) is 11.3 Å². The molecule has 2 heterocycles. The van der Waals surface area contributed by atoms with Crippen molar-refractivity contribution in [3.8, 4) is 17.9 Å². The second-order valence-electron chi connectivity index (χ2n) is 13.6. The lowest BCUT2D eigenvalue weighted by Gasteiger charge is -2.37. The average molecular weight is 707 g/mol. The second-order valence-corrected chi connectivity index (χ2v) is 19.5. The Hall–Kier alpha value is -4.24. The number of allylic oxidation sites excluding steroid dienone is 1. The molecule has 1 atom stereocenters. The van der Waals surface area contributed by atoms with Crippen LogP contribution in [0.4, 0.5) is 18.9 Å². The maximum absolute atomic E-state index is 14.2. The number of hydrogen-bond donors (Lipinski definition) is 0. The minimum absolute atomic E-state index is 0.000475. The number of hydrogen-bond acceptors (Lipinski definition) is 6. The lowest BCUT2D eigenvalue weighted by Crippen LogP contribution is -2.44. The molecule has 260 valence electrons. The Morgan fingerprint density at radius 2 is 1.57 bits per heavy atom. The van der Waals surface area contributed by atoms with Crippen molar-refractivity contribution in [1.29, 1.82) is 10.5 Å². The summed E-state index contributed by atoms with van der Waals surface area (Å²) in [6.07, 6.45) is 6.16. The van der Waals surface area contributed by atoms with Crippen molar-refractivity contribution in [3.05, 3.63) is 85.7 Å². The SMILES string of the molecule is [C-]#[N+]C1=C(/C=C/c2ccc(/C=C/c3ccc(N(CCCC)CCCC)cc3O[Si](C)(C)C(C)(C)C)s2)C(C)(C(F)(F)F)OC1=C(C#N)C#N. The summed E-state index contributed by atoms with van der Waals surface area (Å²) in [4.78, 5) is 7.18. The zero-order chi connectivity index (χ0) is 36.6. The molecular weight excluding hydrogens is 662 g/mol. The van der Waals surface area contributed by atoms with Gasteiger partial charge in [0.1, 0.15) is 17.9 Å². The van der Waals surface area contributed by atoms with Gasteiger partial charge in [-0.1, -0.05) is 53.5 Å². The van der Waals surface area contributed by atoms with Gasteiger partial charge in [0.15, 0.2) is 11.3 Å². The Labute approximate surface area is 294 Å². The largest absolute Gasteiger partial charge is 0.543 e. The van der Waals surface area contributed by atoms with Gasteiger partial charge < -0.3 is 14.1 Å². The smallest absolute Gasteiger partial charge is 0.430 e. The quantitative estimate of drug-likeness (QED) is 0.118. The van der Waals surface area contributed by atoms with Gasteiger partial charge in [-0.05, 0) is 80.4 Å². The molecule has 1 aliphatic heterocycles. The van der Waals surface area contributed by atoms with Crippen molar-refractivity contribution in [2.24, 2.45) is 0 Å². The number of nitrogens with zero attached hydrogens (tertiary/aromatic N) is 4.